The quantitative estimate of drug-likeness (QED) is 0.483. The fraction of sp³-hybridized carbons (Fsp3) is 0.200. The molecule has 1 aromatic carbocycles. The zero-order chi connectivity index (χ0) is 15.4. The molecule has 0 unspecified atom stereocenters. The van der Waals surface area contributed by atoms with E-state index in [1.54, 1.807) is 0 Å². The van der Waals surface area contributed by atoms with Gasteiger partial charge in [-0.2, -0.15) is 0 Å². The summed E-state index contributed by atoms with van der Waals surface area (Å²) in [4.78, 5) is 22.5. The van der Waals surface area contributed by atoms with Gasteiger partial charge >= 0.3 is 31.5 Å². The van der Waals surface area contributed by atoms with Crippen LogP contribution in [0.2, 0.25) is 13.1 Å². The van der Waals surface area contributed by atoms with Crippen LogP contribution in [0.3, 0.4) is 0 Å². The number of carbonyl (C=O) groups excluding carboxylic acids is 2. The van der Waals surface area contributed by atoms with Gasteiger partial charge in [-0.3, -0.25) is 0 Å². The van der Waals surface area contributed by atoms with Crippen molar-refractivity contribution in [2.24, 2.45) is 0 Å². The summed E-state index contributed by atoms with van der Waals surface area (Å²) < 4.78 is 63.0. The molecule has 0 atom stereocenters. The molecule has 0 saturated carbocycles. The lowest BCUT2D eigenvalue weighted by Gasteiger charge is -2.10. The van der Waals surface area contributed by atoms with E-state index in [2.05, 4.69) is 8.85 Å². The molecule has 0 saturated heterocycles. The van der Waals surface area contributed by atoms with Crippen molar-refractivity contribution in [2.45, 2.75) is 13.1 Å². The molecule has 0 aromatic heterocycles. The summed E-state index contributed by atoms with van der Waals surface area (Å²) in [5.74, 6) is -11.1. The Morgan fingerprint density at radius 2 is 1.00 bits per heavy atom. The molecule has 0 aliphatic heterocycles. The van der Waals surface area contributed by atoms with Gasteiger partial charge in [0.1, 0.15) is 11.1 Å². The highest BCUT2D eigenvalue weighted by molar-refractivity contribution is 6.30. The summed E-state index contributed by atoms with van der Waals surface area (Å²) in [6.45, 7) is 2.74. The van der Waals surface area contributed by atoms with Gasteiger partial charge in [-0.15, -0.1) is 0 Å². The first-order valence-electron chi connectivity index (χ1n) is 4.98. The van der Waals surface area contributed by atoms with Gasteiger partial charge in [-0.1, -0.05) is 0 Å². The van der Waals surface area contributed by atoms with Crippen LogP contribution in [0, 0.1) is 23.3 Å². The lowest BCUT2D eigenvalue weighted by atomic mass is 10.1. The molecule has 0 spiro atoms. The average molecular weight is 322 g/mol. The third-order valence-corrected chi connectivity index (χ3v) is 2.84. The van der Waals surface area contributed by atoms with E-state index in [0.717, 1.165) is 0 Å². The predicted molar refractivity (Wildman–Crippen MR) is 60.3 cm³/mol. The Hall–Kier alpha value is -1.69. The summed E-state index contributed by atoms with van der Waals surface area (Å²) in [6, 6.07) is 0. The number of carbonyl (C=O) groups is 2. The maximum atomic E-state index is 13.6. The van der Waals surface area contributed by atoms with E-state index in [-0.39, 0.29) is 0 Å². The molecule has 0 aliphatic carbocycles. The van der Waals surface area contributed by atoms with Gasteiger partial charge in [0.2, 0.25) is 0 Å². The average Bonchev–Trinajstić information content (AvgIpc) is 2.37. The number of hydrogen-bond donors (Lipinski definition) is 0. The van der Waals surface area contributed by atoms with Gasteiger partial charge in [-0.25, -0.2) is 27.2 Å². The molecule has 0 bridgehead atoms. The summed E-state index contributed by atoms with van der Waals surface area (Å²) in [6.07, 6.45) is 0. The minimum absolute atomic E-state index is 0.476. The summed E-state index contributed by atoms with van der Waals surface area (Å²) in [5.41, 5.74) is -3.05. The fourth-order valence-electron chi connectivity index (χ4n) is 1.28. The monoisotopic (exact) mass is 322 g/mol. The first-order chi connectivity index (χ1) is 9.36. The van der Waals surface area contributed by atoms with Gasteiger partial charge in [0, 0.05) is 0 Å². The van der Waals surface area contributed by atoms with Crippen LogP contribution in [-0.2, 0) is 8.85 Å². The van der Waals surface area contributed by atoms with Crippen LogP contribution in [0.15, 0.2) is 0 Å². The van der Waals surface area contributed by atoms with Gasteiger partial charge in [0.25, 0.3) is 0 Å². The van der Waals surface area contributed by atoms with Gasteiger partial charge < -0.3 is 8.85 Å². The minimum atomic E-state index is -2.00. The maximum absolute atomic E-state index is 13.6. The lowest BCUT2D eigenvalue weighted by molar-refractivity contribution is 0.0706. The van der Waals surface area contributed by atoms with Crippen molar-refractivity contribution in [1.82, 2.24) is 0 Å². The van der Waals surface area contributed by atoms with E-state index < -0.39 is 65.9 Å². The predicted octanol–water partition coefficient (Wildman–Crippen LogP) is 1.89. The first kappa shape index (κ1) is 16.4. The van der Waals surface area contributed by atoms with Crippen molar-refractivity contribution >= 4 is 31.5 Å². The normalized spacial score (nSPS) is 10.3. The molecule has 0 amide bonds. The summed E-state index contributed by atoms with van der Waals surface area (Å²) in [5, 5.41) is 0. The zero-order valence-electron chi connectivity index (χ0n) is 10.1. The van der Waals surface area contributed by atoms with E-state index >= 15 is 0 Å². The van der Waals surface area contributed by atoms with Crippen LogP contribution in [-0.4, -0.2) is 31.5 Å². The topological polar surface area (TPSA) is 52.6 Å². The van der Waals surface area contributed by atoms with Gasteiger partial charge in [0.15, 0.2) is 23.3 Å². The van der Waals surface area contributed by atoms with Crippen molar-refractivity contribution in [3.05, 3.63) is 34.4 Å². The summed E-state index contributed by atoms with van der Waals surface area (Å²) in [7, 11) is -0.952. The number of benzene rings is 1. The highest BCUT2D eigenvalue weighted by Crippen LogP contribution is 2.25. The molecule has 4 nitrogen and oxygen atoms in total. The highest BCUT2D eigenvalue weighted by atomic mass is 28.2. The van der Waals surface area contributed by atoms with Crippen LogP contribution in [0.1, 0.15) is 20.7 Å². The van der Waals surface area contributed by atoms with E-state index in [9.17, 15) is 27.2 Å². The molecule has 10 heteroatoms. The maximum Gasteiger partial charge on any atom is 0.330 e. The Balaban J connectivity index is 3.49. The van der Waals surface area contributed by atoms with E-state index in [4.69, 9.17) is 0 Å². The summed E-state index contributed by atoms with van der Waals surface area (Å²) >= 11 is 0. The zero-order valence-corrected chi connectivity index (χ0v) is 12.1. The third kappa shape index (κ3) is 2.90. The van der Waals surface area contributed by atoms with E-state index in [0.29, 0.717) is 0 Å². The Bertz CT molecular complexity index is 487. The van der Waals surface area contributed by atoms with Gasteiger partial charge in [-0.05, 0) is 13.1 Å². The molecule has 0 heterocycles. The molecule has 0 aliphatic rings. The Morgan fingerprint density at radius 3 is 1.20 bits per heavy atom. The molecule has 1 rings (SSSR count). The largest absolute Gasteiger partial charge is 0.513 e. The molecular weight excluding hydrogens is 316 g/mol. The van der Waals surface area contributed by atoms with Crippen molar-refractivity contribution in [3.63, 3.8) is 0 Å². The highest BCUT2D eigenvalue weighted by Gasteiger charge is 2.33. The second-order valence-electron chi connectivity index (χ2n) is 3.19. The Morgan fingerprint density at radius 1 is 0.750 bits per heavy atom. The molecule has 4 radical (unpaired) electrons. The molecule has 106 valence electrons. The van der Waals surface area contributed by atoms with Crippen molar-refractivity contribution in [3.8, 4) is 0 Å². The van der Waals surface area contributed by atoms with Crippen molar-refractivity contribution < 1.29 is 36.0 Å². The molecule has 20 heavy (non-hydrogen) atoms. The number of halogens is 4. The third-order valence-electron chi connectivity index (χ3n) is 2.06. The van der Waals surface area contributed by atoms with Crippen LogP contribution < -0.4 is 0 Å². The second kappa shape index (κ2) is 6.65. The van der Waals surface area contributed by atoms with Crippen LogP contribution in [0.25, 0.3) is 0 Å². The van der Waals surface area contributed by atoms with Crippen LogP contribution >= 0.6 is 0 Å². The van der Waals surface area contributed by atoms with E-state index in [1.807, 2.05) is 0 Å². The van der Waals surface area contributed by atoms with Crippen molar-refractivity contribution in [1.29, 1.82) is 0 Å². The molecule has 0 fully saturated rings. The lowest BCUT2D eigenvalue weighted by Crippen LogP contribution is -2.20. The van der Waals surface area contributed by atoms with Gasteiger partial charge in [0.05, 0.1) is 0 Å². The SMILES string of the molecule is C[Si]OC(=O)c1c(F)c(F)c(C(=O)O[Si]C)c(F)c1F. The molecular formula is C10H6F4O4Si2. The Kier molecular flexibility index (Phi) is 5.45. The Labute approximate surface area is 115 Å². The smallest absolute Gasteiger partial charge is 0.330 e. The molecule has 1 aromatic rings. The van der Waals surface area contributed by atoms with Crippen LogP contribution in [0.5, 0.6) is 0 Å². The second-order valence-corrected chi connectivity index (χ2v) is 4.42. The number of hydrogen-bond acceptors (Lipinski definition) is 4. The first-order valence-corrected chi connectivity index (χ1v) is 7.80. The van der Waals surface area contributed by atoms with Crippen LogP contribution in [0.4, 0.5) is 17.6 Å². The van der Waals surface area contributed by atoms with E-state index in [1.165, 1.54) is 13.1 Å². The minimum Gasteiger partial charge on any atom is -0.513 e. The standard InChI is InChI=1S/C10H6F4O4Si2/c1-19-17-9(15)3-5(11)7(13)4(8(14)6(3)12)10(16)18-20-2/h1-2H3. The molecule has 0 N–H and O–H groups in total. The number of rotatable bonds is 4. The fourth-order valence-corrected chi connectivity index (χ4v) is 1.85. The van der Waals surface area contributed by atoms with Crippen molar-refractivity contribution in [2.75, 3.05) is 0 Å².